The first-order valence-corrected chi connectivity index (χ1v) is 9.06. The Morgan fingerprint density at radius 1 is 1.21 bits per heavy atom. The van der Waals surface area contributed by atoms with Gasteiger partial charge in [0.25, 0.3) is 11.6 Å². The van der Waals surface area contributed by atoms with E-state index in [0.29, 0.717) is 55.2 Å². The van der Waals surface area contributed by atoms with Crippen molar-refractivity contribution in [3.63, 3.8) is 0 Å². The summed E-state index contributed by atoms with van der Waals surface area (Å²) in [7, 11) is 0. The fourth-order valence-corrected chi connectivity index (χ4v) is 2.97. The van der Waals surface area contributed by atoms with E-state index in [1.165, 1.54) is 12.1 Å². The molecule has 0 radical (unpaired) electrons. The van der Waals surface area contributed by atoms with Gasteiger partial charge in [-0.25, -0.2) is 4.39 Å². The molecule has 1 aromatic carbocycles. The van der Waals surface area contributed by atoms with E-state index in [1.807, 2.05) is 6.92 Å². The maximum absolute atomic E-state index is 13.3. The van der Waals surface area contributed by atoms with Crippen LogP contribution in [0.3, 0.4) is 0 Å². The zero-order valence-corrected chi connectivity index (χ0v) is 15.4. The molecule has 4 rings (SSSR count). The lowest BCUT2D eigenvalue weighted by Gasteiger charge is -2.26. The third-order valence-corrected chi connectivity index (χ3v) is 4.48. The molecule has 0 N–H and O–H groups in total. The number of morpholine rings is 1. The van der Waals surface area contributed by atoms with Crippen molar-refractivity contribution < 1.29 is 23.2 Å². The van der Waals surface area contributed by atoms with Crippen molar-refractivity contribution in [3.05, 3.63) is 35.9 Å². The van der Waals surface area contributed by atoms with Gasteiger partial charge in [-0.3, -0.25) is 4.79 Å². The predicted octanol–water partition coefficient (Wildman–Crippen LogP) is 2.22. The minimum atomic E-state index is -0.353. The Morgan fingerprint density at radius 3 is 2.68 bits per heavy atom. The number of carbonyl (C=O) groups excluding carboxylic acids is 1. The van der Waals surface area contributed by atoms with Gasteiger partial charge in [-0.1, -0.05) is 12.1 Å². The number of aryl methyl sites for hydroxylation is 1. The second-order valence-electron chi connectivity index (χ2n) is 6.30. The summed E-state index contributed by atoms with van der Waals surface area (Å²) in [5.41, 5.74) is 1.34. The molecule has 1 saturated heterocycles. The van der Waals surface area contributed by atoms with Crippen LogP contribution in [-0.4, -0.2) is 58.8 Å². The molecule has 0 atom stereocenters. The summed E-state index contributed by atoms with van der Waals surface area (Å²) in [5, 5.41) is 4.51. The van der Waals surface area contributed by atoms with E-state index in [1.54, 1.807) is 17.0 Å². The van der Waals surface area contributed by atoms with Gasteiger partial charge in [0, 0.05) is 25.1 Å². The van der Waals surface area contributed by atoms with E-state index in [4.69, 9.17) is 14.0 Å². The van der Waals surface area contributed by atoms with E-state index in [0.717, 1.165) is 0 Å². The van der Waals surface area contributed by atoms with Gasteiger partial charge >= 0.3 is 0 Å². The first-order chi connectivity index (χ1) is 13.7. The highest BCUT2D eigenvalue weighted by atomic mass is 19.1. The summed E-state index contributed by atoms with van der Waals surface area (Å²) in [6.45, 7) is 3.85. The largest absolute Gasteiger partial charge is 0.467 e. The summed E-state index contributed by atoms with van der Waals surface area (Å²) in [5.74, 6) is 0.244. The molecule has 0 spiro atoms. The van der Waals surface area contributed by atoms with Gasteiger partial charge in [0.15, 0.2) is 6.61 Å². The molecule has 3 aromatic rings. The second kappa shape index (κ2) is 7.89. The smallest absolute Gasteiger partial charge is 0.265 e. The number of halogens is 1. The first kappa shape index (κ1) is 18.3. The van der Waals surface area contributed by atoms with Crippen molar-refractivity contribution >= 4 is 17.0 Å². The normalized spacial score (nSPS) is 14.4. The lowest BCUT2D eigenvalue weighted by Crippen LogP contribution is -2.43. The molecule has 3 heterocycles. The monoisotopic (exact) mass is 386 g/mol. The van der Waals surface area contributed by atoms with Crippen molar-refractivity contribution in [2.75, 3.05) is 32.9 Å². The first-order valence-electron chi connectivity index (χ1n) is 9.06. The average Bonchev–Trinajstić information content (AvgIpc) is 3.17. The molecule has 1 fully saturated rings. The summed E-state index contributed by atoms with van der Waals surface area (Å²) in [4.78, 5) is 22.8. The molecule has 0 bridgehead atoms. The molecular formula is C19H19FN4O4. The van der Waals surface area contributed by atoms with Crippen LogP contribution >= 0.6 is 0 Å². The molecule has 2 aromatic heterocycles. The average molecular weight is 386 g/mol. The highest BCUT2D eigenvalue weighted by Crippen LogP contribution is 2.33. The number of ether oxygens (including phenoxy) is 2. The summed E-state index contributed by atoms with van der Waals surface area (Å²) >= 11 is 0. The predicted molar refractivity (Wildman–Crippen MR) is 97.3 cm³/mol. The highest BCUT2D eigenvalue weighted by Gasteiger charge is 2.22. The molecule has 0 saturated carbocycles. The maximum atomic E-state index is 13.3. The van der Waals surface area contributed by atoms with Crippen LogP contribution in [0.15, 0.2) is 28.8 Å². The van der Waals surface area contributed by atoms with Crippen molar-refractivity contribution in [2.45, 2.75) is 13.3 Å². The molecule has 0 unspecified atom stereocenters. The van der Waals surface area contributed by atoms with Gasteiger partial charge in [-0.15, -0.1) is 0 Å². The van der Waals surface area contributed by atoms with E-state index >= 15 is 0 Å². The Morgan fingerprint density at radius 2 is 1.96 bits per heavy atom. The summed E-state index contributed by atoms with van der Waals surface area (Å²) in [6, 6.07) is 5.84. The van der Waals surface area contributed by atoms with E-state index < -0.39 is 0 Å². The maximum Gasteiger partial charge on any atom is 0.265 e. The topological polar surface area (TPSA) is 90.6 Å². The number of carbonyl (C=O) groups is 1. The summed E-state index contributed by atoms with van der Waals surface area (Å²) in [6.07, 6.45) is 0.566. The number of benzene rings is 1. The van der Waals surface area contributed by atoms with Crippen LogP contribution in [0.2, 0.25) is 0 Å². The number of nitrogens with zero attached hydrogens (tertiary/aromatic N) is 4. The molecular weight excluding hydrogens is 367 g/mol. The number of hydrogen-bond acceptors (Lipinski definition) is 7. The SMILES string of the molecule is CCc1nc(OCC(=O)N2CCOCC2)c2c(-c3ccc(F)cc3)noc2n1. The van der Waals surface area contributed by atoms with Gasteiger partial charge in [0.2, 0.25) is 5.88 Å². The summed E-state index contributed by atoms with van der Waals surface area (Å²) < 4.78 is 29.6. The van der Waals surface area contributed by atoms with Crippen LogP contribution in [0.1, 0.15) is 12.7 Å². The van der Waals surface area contributed by atoms with Gasteiger partial charge in [-0.2, -0.15) is 9.97 Å². The standard InChI is InChI=1S/C19H19FN4O4/c1-2-14-21-18(27-11-15(25)24-7-9-26-10-8-24)16-17(23-28-19(16)22-14)12-3-5-13(20)6-4-12/h3-6H,2,7-11H2,1H3. The zero-order chi connectivity index (χ0) is 19.5. The number of amides is 1. The zero-order valence-electron chi connectivity index (χ0n) is 15.4. The van der Waals surface area contributed by atoms with Crippen molar-refractivity contribution in [1.29, 1.82) is 0 Å². The van der Waals surface area contributed by atoms with Gasteiger partial charge in [0.1, 0.15) is 22.7 Å². The van der Waals surface area contributed by atoms with Crippen molar-refractivity contribution in [2.24, 2.45) is 0 Å². The Labute approximate surface area is 160 Å². The molecule has 9 heteroatoms. The van der Waals surface area contributed by atoms with Crippen molar-refractivity contribution in [3.8, 4) is 17.1 Å². The fraction of sp³-hybridized carbons (Fsp3) is 0.368. The fourth-order valence-electron chi connectivity index (χ4n) is 2.97. The second-order valence-corrected chi connectivity index (χ2v) is 6.30. The highest BCUT2D eigenvalue weighted by molar-refractivity contribution is 5.93. The van der Waals surface area contributed by atoms with Crippen LogP contribution < -0.4 is 4.74 Å². The number of rotatable bonds is 5. The van der Waals surface area contributed by atoms with Crippen LogP contribution in [0.4, 0.5) is 4.39 Å². The van der Waals surface area contributed by atoms with Crippen LogP contribution in [-0.2, 0) is 16.0 Å². The van der Waals surface area contributed by atoms with E-state index in [9.17, 15) is 9.18 Å². The Balaban J connectivity index is 1.66. The van der Waals surface area contributed by atoms with E-state index in [-0.39, 0.29) is 29.9 Å². The minimum absolute atomic E-state index is 0.145. The Kier molecular flexibility index (Phi) is 5.16. The number of aromatic nitrogens is 3. The Bertz CT molecular complexity index is 984. The third-order valence-electron chi connectivity index (χ3n) is 4.48. The quantitative estimate of drug-likeness (QED) is 0.664. The number of fused-ring (bicyclic) bond motifs is 1. The van der Waals surface area contributed by atoms with Gasteiger partial charge < -0.3 is 18.9 Å². The third kappa shape index (κ3) is 3.65. The molecule has 146 valence electrons. The van der Waals surface area contributed by atoms with Gasteiger partial charge in [0.05, 0.1) is 13.2 Å². The van der Waals surface area contributed by atoms with Crippen LogP contribution in [0.25, 0.3) is 22.4 Å². The lowest BCUT2D eigenvalue weighted by molar-refractivity contribution is -0.137. The van der Waals surface area contributed by atoms with Crippen molar-refractivity contribution in [1.82, 2.24) is 20.0 Å². The number of hydrogen-bond donors (Lipinski definition) is 0. The van der Waals surface area contributed by atoms with Crippen LogP contribution in [0, 0.1) is 5.82 Å². The molecule has 28 heavy (non-hydrogen) atoms. The molecule has 1 aliphatic rings. The van der Waals surface area contributed by atoms with Crippen LogP contribution in [0.5, 0.6) is 5.88 Å². The van der Waals surface area contributed by atoms with E-state index in [2.05, 4.69) is 15.1 Å². The molecule has 1 amide bonds. The molecule has 8 nitrogen and oxygen atoms in total. The molecule has 1 aliphatic heterocycles. The molecule has 0 aliphatic carbocycles. The van der Waals surface area contributed by atoms with Gasteiger partial charge in [-0.05, 0) is 24.3 Å². The Hall–Kier alpha value is -3.07. The minimum Gasteiger partial charge on any atom is -0.467 e. The lowest BCUT2D eigenvalue weighted by atomic mass is 10.1.